The van der Waals surface area contributed by atoms with Crippen LogP contribution in [-0.2, 0) is 15.7 Å². The van der Waals surface area contributed by atoms with E-state index in [-0.39, 0.29) is 22.9 Å². The van der Waals surface area contributed by atoms with Crippen molar-refractivity contribution < 1.29 is 32.1 Å². The monoisotopic (exact) mass is 536 g/mol. The van der Waals surface area contributed by atoms with Gasteiger partial charge in [-0.05, 0) is 37.3 Å². The van der Waals surface area contributed by atoms with Crippen LogP contribution in [0.3, 0.4) is 0 Å². The SMILES string of the molecule is COC(=O)C1=C(C)[N+](c2cccc(C(F)(F)F)c2)=C(N)N(C(N)=O)[C@@H]1c1ccc(C#N)cc1Br. The van der Waals surface area contributed by atoms with Gasteiger partial charge < -0.3 is 10.5 Å². The van der Waals surface area contributed by atoms with Crippen molar-refractivity contribution in [2.45, 2.75) is 19.1 Å². The fourth-order valence-electron chi connectivity index (χ4n) is 3.73. The van der Waals surface area contributed by atoms with E-state index in [1.807, 2.05) is 6.07 Å². The van der Waals surface area contributed by atoms with Crippen molar-refractivity contribution >= 4 is 39.6 Å². The molecule has 2 aromatic rings. The zero-order chi connectivity index (χ0) is 25.4. The van der Waals surface area contributed by atoms with E-state index < -0.39 is 29.8 Å². The number of carbonyl (C=O) groups excluding carboxylic acids is 2. The summed E-state index contributed by atoms with van der Waals surface area (Å²) < 4.78 is 46.4. The minimum Gasteiger partial charge on any atom is -0.465 e. The molecule has 8 nitrogen and oxygen atoms in total. The molecule has 0 spiro atoms. The lowest BCUT2D eigenvalue weighted by molar-refractivity contribution is -0.396. The molecule has 0 aromatic heterocycles. The molecule has 0 radical (unpaired) electrons. The third kappa shape index (κ3) is 4.34. The Morgan fingerprint density at radius 3 is 2.44 bits per heavy atom. The molecule has 2 amide bonds. The average Bonchev–Trinajstić information content (AvgIpc) is 2.77. The molecule has 4 N–H and O–H groups in total. The molecule has 1 aliphatic heterocycles. The minimum atomic E-state index is -4.64. The molecule has 176 valence electrons. The fraction of sp³-hybridized carbons (Fsp3) is 0.182. The van der Waals surface area contributed by atoms with Gasteiger partial charge in [0.1, 0.15) is 17.3 Å². The van der Waals surface area contributed by atoms with E-state index in [4.69, 9.17) is 21.5 Å². The lowest BCUT2D eigenvalue weighted by Crippen LogP contribution is -2.54. The maximum Gasteiger partial charge on any atom is 0.416 e. The first kappa shape index (κ1) is 24.8. The van der Waals surface area contributed by atoms with Crippen molar-refractivity contribution in [3.8, 4) is 6.07 Å². The number of amides is 2. The maximum atomic E-state index is 13.3. The maximum absolute atomic E-state index is 13.3. The van der Waals surface area contributed by atoms with Crippen LogP contribution in [0, 0.1) is 11.3 Å². The summed E-state index contributed by atoms with van der Waals surface area (Å²) in [4.78, 5) is 26.3. The van der Waals surface area contributed by atoms with Gasteiger partial charge in [-0.15, -0.1) is 0 Å². The Kier molecular flexibility index (Phi) is 6.70. The zero-order valence-electron chi connectivity index (χ0n) is 17.9. The second-order valence-corrected chi connectivity index (χ2v) is 8.05. The Morgan fingerprint density at radius 1 is 1.24 bits per heavy atom. The van der Waals surface area contributed by atoms with Crippen molar-refractivity contribution in [3.05, 3.63) is 74.9 Å². The molecule has 0 fully saturated rings. The number of ether oxygens (including phenoxy) is 1. The molecule has 1 aliphatic rings. The van der Waals surface area contributed by atoms with Crippen LogP contribution in [0.2, 0.25) is 0 Å². The Bertz CT molecular complexity index is 1300. The number of urea groups is 1. The van der Waals surface area contributed by atoms with E-state index in [0.717, 1.165) is 28.7 Å². The highest BCUT2D eigenvalue weighted by molar-refractivity contribution is 9.10. The molecule has 0 bridgehead atoms. The number of alkyl halides is 3. The number of esters is 1. The predicted molar refractivity (Wildman–Crippen MR) is 118 cm³/mol. The molecule has 3 rings (SSSR count). The van der Waals surface area contributed by atoms with Gasteiger partial charge in [0, 0.05) is 10.0 Å². The highest BCUT2D eigenvalue weighted by atomic mass is 79.9. The van der Waals surface area contributed by atoms with Gasteiger partial charge in [0.15, 0.2) is 0 Å². The number of guanidine groups is 1. The third-order valence-corrected chi connectivity index (χ3v) is 5.92. The lowest BCUT2D eigenvalue weighted by atomic mass is 9.93. The Labute approximate surface area is 200 Å². The van der Waals surface area contributed by atoms with Crippen LogP contribution in [0.1, 0.15) is 29.7 Å². The Morgan fingerprint density at radius 2 is 1.91 bits per heavy atom. The second kappa shape index (κ2) is 9.18. The molecule has 0 aliphatic carbocycles. The van der Waals surface area contributed by atoms with Gasteiger partial charge in [-0.3, -0.25) is 5.73 Å². The van der Waals surface area contributed by atoms with Crippen LogP contribution in [-0.4, -0.2) is 34.5 Å². The second-order valence-electron chi connectivity index (χ2n) is 7.19. The standard InChI is InChI=1S/C22H17BrF3N5O3/c1-11-17(19(32)34-2)18(15-7-6-12(10-27)8-16(15)23)31(21(29)33)20(28)30(11)14-5-3-4-13(9-14)22(24,25)26/h3-9,18,28H,1-2H3,(H2,29,33)/p+1/t18-/m1/s1. The molecule has 0 saturated carbocycles. The summed E-state index contributed by atoms with van der Waals surface area (Å²) in [6, 6.07) is 8.42. The van der Waals surface area contributed by atoms with Crippen LogP contribution in [0.25, 0.3) is 0 Å². The van der Waals surface area contributed by atoms with E-state index in [2.05, 4.69) is 15.9 Å². The molecule has 2 aromatic carbocycles. The van der Waals surface area contributed by atoms with Gasteiger partial charge in [0.2, 0.25) is 0 Å². The first-order valence-electron chi connectivity index (χ1n) is 9.59. The summed E-state index contributed by atoms with van der Waals surface area (Å²) in [5, 5.41) is 9.16. The first-order chi connectivity index (χ1) is 15.9. The van der Waals surface area contributed by atoms with Gasteiger partial charge in [0.05, 0.1) is 30.0 Å². The number of nitrogens with two attached hydrogens (primary N) is 2. The highest BCUT2D eigenvalue weighted by Gasteiger charge is 2.47. The van der Waals surface area contributed by atoms with E-state index >= 15 is 0 Å². The quantitative estimate of drug-likeness (QED) is 0.454. The van der Waals surface area contributed by atoms with Crippen LogP contribution in [0.15, 0.2) is 58.2 Å². The summed E-state index contributed by atoms with van der Waals surface area (Å²) in [5.74, 6) is -1.17. The summed E-state index contributed by atoms with van der Waals surface area (Å²) in [5.41, 5.74) is 11.6. The van der Waals surface area contributed by atoms with E-state index in [1.54, 1.807) is 0 Å². The topological polar surface area (TPSA) is 125 Å². The zero-order valence-corrected chi connectivity index (χ0v) is 19.4. The summed E-state index contributed by atoms with van der Waals surface area (Å²) in [6.45, 7) is 1.46. The molecule has 0 unspecified atom stereocenters. The normalized spacial score (nSPS) is 16.4. The molecule has 1 atom stereocenters. The van der Waals surface area contributed by atoms with Gasteiger partial charge in [-0.25, -0.2) is 14.2 Å². The van der Waals surface area contributed by atoms with E-state index in [1.165, 1.54) is 37.3 Å². The van der Waals surface area contributed by atoms with E-state index in [9.17, 15) is 22.8 Å². The number of primary amides is 1. The van der Waals surface area contributed by atoms with Gasteiger partial charge in [0.25, 0.3) is 0 Å². The number of hydrogen-bond donors (Lipinski definition) is 2. The summed E-state index contributed by atoms with van der Waals surface area (Å²) in [6.07, 6.45) is -4.64. The minimum absolute atomic E-state index is 0.0465. The third-order valence-electron chi connectivity index (χ3n) is 5.23. The molecule has 1 heterocycles. The number of allylic oxidation sites excluding steroid dienone is 1. The molecule has 34 heavy (non-hydrogen) atoms. The van der Waals surface area contributed by atoms with Crippen LogP contribution < -0.4 is 11.5 Å². The van der Waals surface area contributed by atoms with Crippen molar-refractivity contribution in [1.29, 1.82) is 5.26 Å². The summed E-state index contributed by atoms with van der Waals surface area (Å²) in [7, 11) is 1.12. The molecule has 0 saturated heterocycles. The van der Waals surface area contributed by atoms with Crippen LogP contribution >= 0.6 is 15.9 Å². The largest absolute Gasteiger partial charge is 0.465 e. The van der Waals surface area contributed by atoms with Gasteiger partial charge in [-0.2, -0.15) is 23.3 Å². The number of carbonyl (C=O) groups is 2. The van der Waals surface area contributed by atoms with Crippen molar-refractivity contribution in [3.63, 3.8) is 0 Å². The smallest absolute Gasteiger partial charge is 0.416 e. The van der Waals surface area contributed by atoms with E-state index in [0.29, 0.717) is 15.6 Å². The number of benzene rings is 2. The average molecular weight is 537 g/mol. The predicted octanol–water partition coefficient (Wildman–Crippen LogP) is 3.88. The number of nitrogens with zero attached hydrogens (tertiary/aromatic N) is 3. The molecule has 12 heteroatoms. The van der Waals surface area contributed by atoms with Crippen LogP contribution in [0.5, 0.6) is 0 Å². The van der Waals surface area contributed by atoms with Crippen molar-refractivity contribution in [2.24, 2.45) is 11.5 Å². The highest BCUT2D eigenvalue weighted by Crippen LogP contribution is 2.41. The fourth-order valence-corrected chi connectivity index (χ4v) is 4.32. The van der Waals surface area contributed by atoms with Gasteiger partial charge in [-0.1, -0.05) is 28.1 Å². The molecular weight excluding hydrogens is 519 g/mol. The lowest BCUT2D eigenvalue weighted by Gasteiger charge is -2.33. The Hall–Kier alpha value is -3.85. The van der Waals surface area contributed by atoms with Crippen LogP contribution in [0.4, 0.5) is 23.7 Å². The van der Waals surface area contributed by atoms with Crippen molar-refractivity contribution in [2.75, 3.05) is 7.11 Å². The Balaban J connectivity index is 2.35. The summed E-state index contributed by atoms with van der Waals surface area (Å²) >= 11 is 3.34. The number of hydrogen-bond acceptors (Lipinski definition) is 5. The molecular formula is C22H18BrF3N5O3+. The number of methoxy groups -OCH3 is 1. The van der Waals surface area contributed by atoms with Crippen molar-refractivity contribution in [1.82, 2.24) is 4.90 Å². The first-order valence-corrected chi connectivity index (χ1v) is 10.4. The number of halogens is 4. The number of nitriles is 1. The number of rotatable bonds is 3. The van der Waals surface area contributed by atoms with Gasteiger partial charge >= 0.3 is 24.1 Å².